The maximum atomic E-state index is 10.8. The zero-order valence-corrected chi connectivity index (χ0v) is 10.0. The molecule has 0 bridgehead atoms. The summed E-state index contributed by atoms with van der Waals surface area (Å²) < 4.78 is 9.80. The van der Waals surface area contributed by atoms with E-state index in [1.54, 1.807) is 0 Å². The van der Waals surface area contributed by atoms with E-state index in [2.05, 4.69) is 0 Å². The molecule has 0 aliphatic heterocycles. The second-order valence-corrected chi connectivity index (χ2v) is 3.67. The zero-order valence-electron chi connectivity index (χ0n) is 10.0. The second-order valence-electron chi connectivity index (χ2n) is 3.67. The van der Waals surface area contributed by atoms with E-state index in [-0.39, 0.29) is 0 Å². The summed E-state index contributed by atoms with van der Waals surface area (Å²) in [7, 11) is 0. The molecule has 0 saturated carbocycles. The Morgan fingerprint density at radius 2 is 1.59 bits per heavy atom. The number of hydrogen-bond donors (Lipinski definition) is 0. The summed E-state index contributed by atoms with van der Waals surface area (Å²) in [6.07, 6.45) is 0.347. The van der Waals surface area contributed by atoms with Crippen LogP contribution in [0.15, 0.2) is 30.3 Å². The van der Waals surface area contributed by atoms with Crippen molar-refractivity contribution in [1.82, 2.24) is 0 Å². The van der Waals surface area contributed by atoms with Crippen molar-refractivity contribution >= 4 is 11.9 Å². The first-order chi connectivity index (χ1) is 8.08. The second kappa shape index (κ2) is 6.68. The molecule has 4 nitrogen and oxygen atoms in total. The topological polar surface area (TPSA) is 52.6 Å². The SMILES string of the molecule is CC(=O)OC(CCc1ccccc1)OC(C)=O. The molecule has 0 N–H and O–H groups in total. The van der Waals surface area contributed by atoms with Crippen molar-refractivity contribution < 1.29 is 19.1 Å². The van der Waals surface area contributed by atoms with Gasteiger partial charge in [0.05, 0.1) is 0 Å². The molecule has 0 fully saturated rings. The monoisotopic (exact) mass is 236 g/mol. The summed E-state index contributed by atoms with van der Waals surface area (Å²) >= 11 is 0. The molecular weight excluding hydrogens is 220 g/mol. The van der Waals surface area contributed by atoms with Gasteiger partial charge >= 0.3 is 11.9 Å². The van der Waals surface area contributed by atoms with Crippen LogP contribution in [-0.4, -0.2) is 18.2 Å². The number of ether oxygens (including phenoxy) is 2. The molecule has 1 rings (SSSR count). The molecule has 0 spiro atoms. The molecule has 1 aromatic carbocycles. The molecule has 0 aliphatic rings. The molecule has 0 aliphatic carbocycles. The number of carbonyl (C=O) groups excluding carboxylic acids is 2. The third kappa shape index (κ3) is 5.70. The van der Waals surface area contributed by atoms with Gasteiger partial charge in [0, 0.05) is 20.3 Å². The van der Waals surface area contributed by atoms with Gasteiger partial charge in [-0.25, -0.2) is 0 Å². The Balaban J connectivity index is 2.48. The molecule has 0 amide bonds. The van der Waals surface area contributed by atoms with Crippen LogP contribution in [0.5, 0.6) is 0 Å². The average molecular weight is 236 g/mol. The summed E-state index contributed by atoms with van der Waals surface area (Å²) in [5, 5.41) is 0. The summed E-state index contributed by atoms with van der Waals surface area (Å²) in [5.41, 5.74) is 1.11. The predicted octanol–water partition coefficient (Wildman–Crippen LogP) is 2.07. The Kier molecular flexibility index (Phi) is 5.20. The minimum Gasteiger partial charge on any atom is -0.425 e. The van der Waals surface area contributed by atoms with E-state index in [4.69, 9.17) is 9.47 Å². The van der Waals surface area contributed by atoms with Crippen LogP contribution in [0.4, 0.5) is 0 Å². The Labute approximate surface area is 101 Å². The number of esters is 2. The maximum absolute atomic E-state index is 10.8. The van der Waals surface area contributed by atoms with E-state index < -0.39 is 18.2 Å². The van der Waals surface area contributed by atoms with Crippen molar-refractivity contribution in [2.24, 2.45) is 0 Å². The number of carbonyl (C=O) groups is 2. The molecule has 0 unspecified atom stereocenters. The molecule has 4 heteroatoms. The van der Waals surface area contributed by atoms with Crippen LogP contribution in [0, 0.1) is 0 Å². The molecule has 0 radical (unpaired) electrons. The van der Waals surface area contributed by atoms with Gasteiger partial charge in [-0.3, -0.25) is 9.59 Å². The van der Waals surface area contributed by atoms with Crippen molar-refractivity contribution in [3.63, 3.8) is 0 Å². The smallest absolute Gasteiger partial charge is 0.305 e. The van der Waals surface area contributed by atoms with Crippen LogP contribution in [0.3, 0.4) is 0 Å². The fraction of sp³-hybridized carbons (Fsp3) is 0.385. The van der Waals surface area contributed by atoms with Gasteiger partial charge in [0.25, 0.3) is 0 Å². The lowest BCUT2D eigenvalue weighted by molar-refractivity contribution is -0.185. The first-order valence-electron chi connectivity index (χ1n) is 5.46. The molecule has 0 atom stereocenters. The Bertz CT molecular complexity index is 356. The van der Waals surface area contributed by atoms with Crippen LogP contribution >= 0.6 is 0 Å². The van der Waals surface area contributed by atoms with Crippen LogP contribution < -0.4 is 0 Å². The predicted molar refractivity (Wildman–Crippen MR) is 62.1 cm³/mol. The third-order valence-corrected chi connectivity index (χ3v) is 2.11. The van der Waals surface area contributed by atoms with E-state index in [1.165, 1.54) is 13.8 Å². The van der Waals surface area contributed by atoms with Crippen LogP contribution in [0.2, 0.25) is 0 Å². The fourth-order valence-corrected chi connectivity index (χ4v) is 1.44. The zero-order chi connectivity index (χ0) is 12.7. The third-order valence-electron chi connectivity index (χ3n) is 2.11. The Morgan fingerprint density at radius 3 is 2.06 bits per heavy atom. The Morgan fingerprint density at radius 1 is 1.06 bits per heavy atom. The van der Waals surface area contributed by atoms with Gasteiger partial charge in [-0.05, 0) is 12.0 Å². The highest BCUT2D eigenvalue weighted by molar-refractivity contribution is 5.68. The Hall–Kier alpha value is -1.84. The number of hydrogen-bond acceptors (Lipinski definition) is 4. The van der Waals surface area contributed by atoms with Gasteiger partial charge < -0.3 is 9.47 Å². The first kappa shape index (κ1) is 13.2. The largest absolute Gasteiger partial charge is 0.425 e. The fourth-order valence-electron chi connectivity index (χ4n) is 1.44. The number of aryl methyl sites for hydroxylation is 1. The average Bonchev–Trinajstić information content (AvgIpc) is 2.26. The lowest BCUT2D eigenvalue weighted by Gasteiger charge is -2.16. The molecule has 0 aromatic heterocycles. The van der Waals surface area contributed by atoms with E-state index in [0.29, 0.717) is 12.8 Å². The minimum atomic E-state index is -0.801. The van der Waals surface area contributed by atoms with E-state index in [9.17, 15) is 9.59 Å². The lowest BCUT2D eigenvalue weighted by Crippen LogP contribution is -2.23. The summed E-state index contributed by atoms with van der Waals surface area (Å²) in [6.45, 7) is 2.58. The van der Waals surface area contributed by atoms with Crippen LogP contribution in [0.1, 0.15) is 25.8 Å². The highest BCUT2D eigenvalue weighted by atomic mass is 16.7. The van der Waals surface area contributed by atoms with Gasteiger partial charge in [-0.15, -0.1) is 0 Å². The van der Waals surface area contributed by atoms with Crippen LogP contribution in [0.25, 0.3) is 0 Å². The van der Waals surface area contributed by atoms with Crippen molar-refractivity contribution in [3.8, 4) is 0 Å². The van der Waals surface area contributed by atoms with E-state index in [1.807, 2.05) is 30.3 Å². The summed E-state index contributed by atoms with van der Waals surface area (Å²) in [4.78, 5) is 21.7. The van der Waals surface area contributed by atoms with Gasteiger partial charge in [0.1, 0.15) is 0 Å². The van der Waals surface area contributed by atoms with Crippen molar-refractivity contribution in [1.29, 1.82) is 0 Å². The molecule has 17 heavy (non-hydrogen) atoms. The van der Waals surface area contributed by atoms with E-state index in [0.717, 1.165) is 5.56 Å². The van der Waals surface area contributed by atoms with E-state index >= 15 is 0 Å². The van der Waals surface area contributed by atoms with Gasteiger partial charge in [-0.1, -0.05) is 30.3 Å². The van der Waals surface area contributed by atoms with Crippen LogP contribution in [-0.2, 0) is 25.5 Å². The van der Waals surface area contributed by atoms with Gasteiger partial charge in [0.2, 0.25) is 6.29 Å². The molecule has 1 aromatic rings. The normalized spacial score (nSPS) is 10.1. The quantitative estimate of drug-likeness (QED) is 0.580. The van der Waals surface area contributed by atoms with Crippen molar-refractivity contribution in [3.05, 3.63) is 35.9 Å². The lowest BCUT2D eigenvalue weighted by atomic mass is 10.1. The minimum absolute atomic E-state index is 0.454. The highest BCUT2D eigenvalue weighted by Crippen LogP contribution is 2.09. The van der Waals surface area contributed by atoms with Gasteiger partial charge in [0.15, 0.2) is 0 Å². The highest BCUT2D eigenvalue weighted by Gasteiger charge is 2.14. The number of rotatable bonds is 5. The standard InChI is InChI=1S/C13H16O4/c1-10(14)16-13(17-11(2)15)9-8-12-6-4-3-5-7-12/h3-7,13H,8-9H2,1-2H3. The van der Waals surface area contributed by atoms with Crippen molar-refractivity contribution in [2.45, 2.75) is 33.0 Å². The summed E-state index contributed by atoms with van der Waals surface area (Å²) in [5.74, 6) is -0.909. The molecule has 92 valence electrons. The summed E-state index contributed by atoms with van der Waals surface area (Å²) in [6, 6.07) is 9.74. The van der Waals surface area contributed by atoms with Gasteiger partial charge in [-0.2, -0.15) is 0 Å². The molecule has 0 heterocycles. The molecular formula is C13H16O4. The first-order valence-corrected chi connectivity index (χ1v) is 5.46. The maximum Gasteiger partial charge on any atom is 0.305 e. The molecule has 0 saturated heterocycles. The number of benzene rings is 1. The van der Waals surface area contributed by atoms with Crippen molar-refractivity contribution in [2.75, 3.05) is 0 Å².